The number of hydrogen-bond donors (Lipinski definition) is 0. The van der Waals surface area contributed by atoms with E-state index < -0.39 is 5.82 Å². The van der Waals surface area contributed by atoms with Crippen LogP contribution in [-0.4, -0.2) is 29.1 Å². The van der Waals surface area contributed by atoms with E-state index in [1.807, 2.05) is 0 Å². The first-order valence-electron chi connectivity index (χ1n) is 6.05. The zero-order valence-corrected chi connectivity index (χ0v) is 14.2. The van der Waals surface area contributed by atoms with Crippen LogP contribution in [0.15, 0.2) is 17.2 Å². The van der Waals surface area contributed by atoms with Crippen molar-refractivity contribution >= 4 is 40.7 Å². The highest BCUT2D eigenvalue weighted by Crippen LogP contribution is 2.35. The number of benzene rings is 1. The Kier molecular flexibility index (Phi) is 5.26. The van der Waals surface area contributed by atoms with Crippen LogP contribution in [0.25, 0.3) is 11.4 Å². The molecule has 0 spiro atoms. The molecule has 2 rings (SSSR count). The first kappa shape index (κ1) is 17.0. The summed E-state index contributed by atoms with van der Waals surface area (Å²) in [5.41, 5.74) is 0.125. The average Bonchev–Trinajstić information content (AvgIpc) is 2.48. The molecule has 0 unspecified atom stereocenters. The quantitative estimate of drug-likeness (QED) is 0.455. The second-order valence-corrected chi connectivity index (χ2v) is 5.80. The zero-order valence-electron chi connectivity index (χ0n) is 11.9. The Morgan fingerprint density at radius 3 is 2.55 bits per heavy atom. The van der Waals surface area contributed by atoms with Gasteiger partial charge in [0.15, 0.2) is 23.2 Å². The summed E-state index contributed by atoms with van der Waals surface area (Å²) in [7, 11) is 1.31. The van der Waals surface area contributed by atoms with Gasteiger partial charge in [0.1, 0.15) is 15.7 Å². The van der Waals surface area contributed by atoms with E-state index in [-0.39, 0.29) is 38.7 Å². The highest BCUT2D eigenvalue weighted by Gasteiger charge is 2.21. The molecular formula is C14H11Cl2FN2O2S. The van der Waals surface area contributed by atoms with E-state index in [1.54, 1.807) is 6.26 Å². The molecule has 8 heteroatoms. The lowest BCUT2D eigenvalue weighted by Gasteiger charge is -2.11. The van der Waals surface area contributed by atoms with Crippen LogP contribution < -0.4 is 4.74 Å². The summed E-state index contributed by atoms with van der Waals surface area (Å²) in [6.45, 7) is 1.33. The third-order valence-corrected chi connectivity index (χ3v) is 4.29. The maximum atomic E-state index is 14.5. The maximum Gasteiger partial charge on any atom is 0.179 e. The summed E-state index contributed by atoms with van der Waals surface area (Å²) in [4.78, 5) is 19.9. The van der Waals surface area contributed by atoms with Crippen LogP contribution in [0.2, 0.25) is 10.0 Å². The molecule has 22 heavy (non-hydrogen) atoms. The van der Waals surface area contributed by atoms with E-state index in [1.165, 1.54) is 37.9 Å². The van der Waals surface area contributed by atoms with Gasteiger partial charge in [-0.05, 0) is 18.4 Å². The molecule has 0 aliphatic heterocycles. The molecule has 1 aromatic carbocycles. The fourth-order valence-electron chi connectivity index (χ4n) is 1.81. The normalized spacial score (nSPS) is 10.6. The molecule has 0 amide bonds. The summed E-state index contributed by atoms with van der Waals surface area (Å²) in [6.07, 6.45) is 1.75. The van der Waals surface area contributed by atoms with Crippen molar-refractivity contribution in [3.05, 3.63) is 33.7 Å². The van der Waals surface area contributed by atoms with E-state index in [2.05, 4.69) is 9.97 Å². The van der Waals surface area contributed by atoms with Crippen molar-refractivity contribution in [3.63, 3.8) is 0 Å². The van der Waals surface area contributed by atoms with Crippen molar-refractivity contribution in [1.82, 2.24) is 9.97 Å². The first-order chi connectivity index (χ1) is 10.4. The van der Waals surface area contributed by atoms with Crippen LogP contribution in [-0.2, 0) is 0 Å². The fraction of sp³-hybridized carbons (Fsp3) is 0.214. The van der Waals surface area contributed by atoms with Gasteiger partial charge in [-0.25, -0.2) is 14.4 Å². The minimum absolute atomic E-state index is 0.0457. The Hall–Kier alpha value is -1.37. The van der Waals surface area contributed by atoms with Crippen molar-refractivity contribution in [2.45, 2.75) is 11.9 Å². The van der Waals surface area contributed by atoms with Crippen LogP contribution in [0, 0.1) is 5.82 Å². The number of aromatic nitrogens is 2. The maximum absolute atomic E-state index is 14.5. The second-order valence-electron chi connectivity index (χ2n) is 4.22. The number of thioether (sulfide) groups is 1. The number of methoxy groups -OCH3 is 1. The smallest absolute Gasteiger partial charge is 0.179 e. The van der Waals surface area contributed by atoms with Gasteiger partial charge in [0.05, 0.1) is 17.7 Å². The van der Waals surface area contributed by atoms with Gasteiger partial charge < -0.3 is 4.74 Å². The van der Waals surface area contributed by atoms with E-state index in [9.17, 15) is 9.18 Å². The Bertz CT molecular complexity index is 756. The molecule has 0 saturated carbocycles. The largest absolute Gasteiger partial charge is 0.492 e. The highest BCUT2D eigenvalue weighted by atomic mass is 35.5. The molecule has 0 N–H and O–H groups in total. The van der Waals surface area contributed by atoms with Crippen molar-refractivity contribution in [2.24, 2.45) is 0 Å². The monoisotopic (exact) mass is 360 g/mol. The molecule has 0 atom stereocenters. The number of nitrogens with zero attached hydrogens (tertiary/aromatic N) is 2. The molecule has 0 fully saturated rings. The Labute approximate surface area is 141 Å². The van der Waals surface area contributed by atoms with Gasteiger partial charge >= 0.3 is 0 Å². The molecule has 0 aliphatic rings. The average molecular weight is 361 g/mol. The number of rotatable bonds is 4. The molecule has 0 saturated heterocycles. The lowest BCUT2D eigenvalue weighted by Crippen LogP contribution is -2.05. The third-order valence-electron chi connectivity index (χ3n) is 2.84. The molecular weight excluding hydrogens is 350 g/mol. The van der Waals surface area contributed by atoms with E-state index >= 15 is 0 Å². The number of carbonyl (C=O) groups is 1. The lowest BCUT2D eigenvalue weighted by molar-refractivity contribution is 0.101. The molecule has 1 aromatic heterocycles. The number of hydrogen-bond acceptors (Lipinski definition) is 5. The summed E-state index contributed by atoms with van der Waals surface area (Å²) in [5, 5.41) is 0.685. The van der Waals surface area contributed by atoms with Gasteiger partial charge in [-0.1, -0.05) is 23.2 Å². The SMILES string of the molecule is COc1c(Cl)ccc(-c2nc(SC)c(Cl)c(C(C)=O)n2)c1F. The molecule has 1 heterocycles. The molecule has 0 bridgehead atoms. The van der Waals surface area contributed by atoms with Crippen molar-refractivity contribution in [1.29, 1.82) is 0 Å². The summed E-state index contributed by atoms with van der Waals surface area (Å²) in [6, 6.07) is 2.90. The standard InChI is InChI=1S/C14H11Cl2FN2O2S/c1-6(20)11-9(16)14(22-3)19-13(18-11)7-4-5-8(15)12(21-2)10(7)17/h4-5H,1-3H3. The molecule has 4 nitrogen and oxygen atoms in total. The van der Waals surface area contributed by atoms with Crippen LogP contribution >= 0.6 is 35.0 Å². The number of ether oxygens (including phenoxy) is 1. The summed E-state index contributed by atoms with van der Waals surface area (Å²) in [5.74, 6) is -1.08. The minimum Gasteiger partial charge on any atom is -0.492 e. The van der Waals surface area contributed by atoms with E-state index in [0.29, 0.717) is 5.03 Å². The van der Waals surface area contributed by atoms with Crippen LogP contribution in [0.1, 0.15) is 17.4 Å². The molecule has 0 radical (unpaired) electrons. The Morgan fingerprint density at radius 2 is 2.00 bits per heavy atom. The molecule has 2 aromatic rings. The second kappa shape index (κ2) is 6.81. The van der Waals surface area contributed by atoms with Gasteiger partial charge in [0, 0.05) is 6.92 Å². The van der Waals surface area contributed by atoms with Gasteiger partial charge in [0.25, 0.3) is 0 Å². The molecule has 0 aliphatic carbocycles. The Balaban J connectivity index is 2.73. The Morgan fingerprint density at radius 1 is 1.32 bits per heavy atom. The molecule has 116 valence electrons. The van der Waals surface area contributed by atoms with Crippen molar-refractivity contribution < 1.29 is 13.9 Å². The summed E-state index contributed by atoms with van der Waals surface area (Å²) < 4.78 is 19.4. The van der Waals surface area contributed by atoms with Crippen LogP contribution in [0.5, 0.6) is 5.75 Å². The van der Waals surface area contributed by atoms with E-state index in [4.69, 9.17) is 27.9 Å². The van der Waals surface area contributed by atoms with Crippen LogP contribution in [0.4, 0.5) is 4.39 Å². The van der Waals surface area contributed by atoms with Crippen LogP contribution in [0.3, 0.4) is 0 Å². The van der Waals surface area contributed by atoms with Gasteiger partial charge in [-0.3, -0.25) is 4.79 Å². The fourth-order valence-corrected chi connectivity index (χ4v) is 2.93. The minimum atomic E-state index is -0.695. The third kappa shape index (κ3) is 3.04. The van der Waals surface area contributed by atoms with Gasteiger partial charge in [-0.2, -0.15) is 0 Å². The lowest BCUT2D eigenvalue weighted by atomic mass is 10.1. The topological polar surface area (TPSA) is 52.1 Å². The first-order valence-corrected chi connectivity index (χ1v) is 8.03. The zero-order chi connectivity index (χ0) is 16.4. The van der Waals surface area contributed by atoms with Gasteiger partial charge in [-0.15, -0.1) is 11.8 Å². The van der Waals surface area contributed by atoms with Crippen molar-refractivity contribution in [2.75, 3.05) is 13.4 Å². The van der Waals surface area contributed by atoms with E-state index in [0.717, 1.165) is 0 Å². The van der Waals surface area contributed by atoms with Crippen molar-refractivity contribution in [3.8, 4) is 17.1 Å². The predicted octanol–water partition coefficient (Wildman–Crippen LogP) is 4.52. The number of carbonyl (C=O) groups excluding carboxylic acids is 1. The number of halogens is 3. The highest BCUT2D eigenvalue weighted by molar-refractivity contribution is 7.98. The number of ketones is 1. The summed E-state index contributed by atoms with van der Waals surface area (Å²) >= 11 is 13.2. The number of Topliss-reactive ketones (excluding diaryl/α,β-unsaturated/α-hetero) is 1. The van der Waals surface area contributed by atoms with Gasteiger partial charge in [0.2, 0.25) is 0 Å². The predicted molar refractivity (Wildman–Crippen MR) is 85.8 cm³/mol.